The summed E-state index contributed by atoms with van der Waals surface area (Å²) in [6.07, 6.45) is 2.75. The Morgan fingerprint density at radius 2 is 1.65 bits per heavy atom. The van der Waals surface area contributed by atoms with Crippen LogP contribution in [0.5, 0.6) is 11.5 Å². The van der Waals surface area contributed by atoms with Gasteiger partial charge in [-0.3, -0.25) is 19.3 Å². The van der Waals surface area contributed by atoms with Crippen LogP contribution in [0, 0.1) is 0 Å². The molecular formula is C24H24N2O5. The Labute approximate surface area is 180 Å². The second-order valence-corrected chi connectivity index (χ2v) is 8.06. The van der Waals surface area contributed by atoms with Gasteiger partial charge in [0.25, 0.3) is 11.8 Å². The van der Waals surface area contributed by atoms with Crippen LogP contribution in [0.3, 0.4) is 0 Å². The van der Waals surface area contributed by atoms with Gasteiger partial charge in [-0.15, -0.1) is 0 Å². The van der Waals surface area contributed by atoms with E-state index >= 15 is 0 Å². The smallest absolute Gasteiger partial charge is 0.261 e. The van der Waals surface area contributed by atoms with Crippen molar-refractivity contribution in [2.45, 2.75) is 31.7 Å². The van der Waals surface area contributed by atoms with E-state index in [0.29, 0.717) is 30.9 Å². The van der Waals surface area contributed by atoms with Gasteiger partial charge in [0.15, 0.2) is 11.5 Å². The maximum absolute atomic E-state index is 13.0. The summed E-state index contributed by atoms with van der Waals surface area (Å²) in [6.45, 7) is 2.01. The minimum Gasteiger partial charge on any atom is -0.490 e. The minimum atomic E-state index is -0.325. The van der Waals surface area contributed by atoms with Crippen molar-refractivity contribution >= 4 is 17.7 Å². The Morgan fingerprint density at radius 3 is 2.39 bits per heavy atom. The van der Waals surface area contributed by atoms with Crippen LogP contribution < -0.4 is 9.47 Å². The quantitative estimate of drug-likeness (QED) is 0.710. The zero-order valence-electron chi connectivity index (χ0n) is 17.2. The Hall–Kier alpha value is -3.35. The molecule has 0 N–H and O–H groups in total. The first-order valence-electron chi connectivity index (χ1n) is 10.8. The summed E-state index contributed by atoms with van der Waals surface area (Å²) in [7, 11) is 0. The molecule has 0 spiro atoms. The molecule has 3 aliphatic rings. The van der Waals surface area contributed by atoms with Crippen LogP contribution >= 0.6 is 0 Å². The molecule has 31 heavy (non-hydrogen) atoms. The lowest BCUT2D eigenvalue weighted by Gasteiger charge is -2.26. The van der Waals surface area contributed by atoms with Gasteiger partial charge in [-0.05, 0) is 42.7 Å². The fourth-order valence-electron chi connectivity index (χ4n) is 4.59. The number of hydrogen-bond acceptors (Lipinski definition) is 5. The summed E-state index contributed by atoms with van der Waals surface area (Å²) < 4.78 is 11.5. The number of amides is 3. The lowest BCUT2D eigenvalue weighted by atomic mass is 10.0. The Balaban J connectivity index is 1.27. The van der Waals surface area contributed by atoms with Crippen molar-refractivity contribution in [3.63, 3.8) is 0 Å². The van der Waals surface area contributed by atoms with Gasteiger partial charge < -0.3 is 14.4 Å². The van der Waals surface area contributed by atoms with E-state index in [-0.39, 0.29) is 36.7 Å². The highest BCUT2D eigenvalue weighted by atomic mass is 16.5. The normalized spacial score (nSPS) is 20.1. The van der Waals surface area contributed by atoms with Crippen molar-refractivity contribution in [1.29, 1.82) is 0 Å². The molecule has 5 rings (SSSR count). The average Bonchev–Trinajstić information content (AvgIpc) is 3.28. The van der Waals surface area contributed by atoms with Crippen LogP contribution in [0.1, 0.15) is 58.0 Å². The molecule has 1 unspecified atom stereocenters. The number of rotatable bonds is 4. The topological polar surface area (TPSA) is 76.2 Å². The lowest BCUT2D eigenvalue weighted by Crippen LogP contribution is -2.36. The van der Waals surface area contributed by atoms with E-state index in [0.717, 1.165) is 36.3 Å². The first-order chi connectivity index (χ1) is 15.1. The average molecular weight is 420 g/mol. The van der Waals surface area contributed by atoms with Gasteiger partial charge in [0, 0.05) is 25.9 Å². The molecular weight excluding hydrogens is 396 g/mol. The molecule has 1 saturated heterocycles. The molecule has 0 radical (unpaired) electrons. The number of nitrogens with zero attached hydrogens (tertiary/aromatic N) is 2. The second-order valence-electron chi connectivity index (χ2n) is 8.06. The number of hydrogen-bond donors (Lipinski definition) is 0. The second kappa shape index (κ2) is 8.06. The number of likely N-dealkylation sites (tertiary alicyclic amines) is 1. The molecule has 1 fully saturated rings. The molecule has 0 aromatic heterocycles. The SMILES string of the molecule is O=C1c2ccccc2C(=O)N1CCC(=O)N1CCCC1c1ccc2c(c1)OCCCO2. The fourth-order valence-corrected chi connectivity index (χ4v) is 4.59. The van der Waals surface area contributed by atoms with E-state index in [1.807, 2.05) is 23.1 Å². The Bertz CT molecular complexity index is 1020. The van der Waals surface area contributed by atoms with Gasteiger partial charge in [0.1, 0.15) is 0 Å². The van der Waals surface area contributed by atoms with Crippen molar-refractivity contribution < 1.29 is 23.9 Å². The third-order valence-corrected chi connectivity index (χ3v) is 6.16. The largest absolute Gasteiger partial charge is 0.490 e. The minimum absolute atomic E-state index is 0.0353. The zero-order valence-corrected chi connectivity index (χ0v) is 17.2. The third kappa shape index (κ3) is 3.54. The maximum Gasteiger partial charge on any atom is 0.261 e. The van der Waals surface area contributed by atoms with E-state index in [4.69, 9.17) is 9.47 Å². The van der Waals surface area contributed by atoms with Crippen LogP contribution in [0.2, 0.25) is 0 Å². The summed E-state index contributed by atoms with van der Waals surface area (Å²) in [6, 6.07) is 12.6. The summed E-state index contributed by atoms with van der Waals surface area (Å²) in [5.74, 6) is 0.762. The Kier molecular flexibility index (Phi) is 5.10. The molecule has 160 valence electrons. The van der Waals surface area contributed by atoms with Gasteiger partial charge in [-0.1, -0.05) is 18.2 Å². The number of imide groups is 1. The van der Waals surface area contributed by atoms with Gasteiger partial charge >= 0.3 is 0 Å². The van der Waals surface area contributed by atoms with Crippen LogP contribution in [0.15, 0.2) is 42.5 Å². The molecule has 7 nitrogen and oxygen atoms in total. The molecule has 2 aromatic rings. The number of ether oxygens (including phenoxy) is 2. The molecule has 0 bridgehead atoms. The van der Waals surface area contributed by atoms with Gasteiger partial charge in [0.2, 0.25) is 5.91 Å². The van der Waals surface area contributed by atoms with Crippen molar-refractivity contribution in [1.82, 2.24) is 9.80 Å². The number of carbonyl (C=O) groups is 3. The van der Waals surface area contributed by atoms with Crippen molar-refractivity contribution in [2.75, 3.05) is 26.3 Å². The van der Waals surface area contributed by atoms with Gasteiger partial charge in [-0.2, -0.15) is 0 Å². The molecule has 3 heterocycles. The summed E-state index contributed by atoms with van der Waals surface area (Å²) >= 11 is 0. The fraction of sp³-hybridized carbons (Fsp3) is 0.375. The van der Waals surface area contributed by atoms with Crippen LogP contribution in [-0.4, -0.2) is 53.8 Å². The van der Waals surface area contributed by atoms with Crippen LogP contribution in [0.25, 0.3) is 0 Å². The van der Waals surface area contributed by atoms with Gasteiger partial charge in [-0.25, -0.2) is 0 Å². The molecule has 0 aliphatic carbocycles. The molecule has 3 amide bonds. The standard InChI is InChI=1S/C24H24N2O5/c27-22(10-12-26-23(28)17-5-1-2-6-18(17)24(26)29)25-11-3-7-19(25)16-8-9-20-21(15-16)31-14-4-13-30-20/h1-2,5-6,8-9,15,19H,3-4,7,10-14H2. The van der Waals surface area contributed by atoms with E-state index in [1.54, 1.807) is 24.3 Å². The molecule has 2 aromatic carbocycles. The predicted molar refractivity (Wildman–Crippen MR) is 112 cm³/mol. The number of carbonyl (C=O) groups excluding carboxylic acids is 3. The lowest BCUT2D eigenvalue weighted by molar-refractivity contribution is -0.132. The first-order valence-corrected chi connectivity index (χ1v) is 10.8. The molecule has 3 aliphatic heterocycles. The monoisotopic (exact) mass is 420 g/mol. The highest BCUT2D eigenvalue weighted by Gasteiger charge is 2.36. The van der Waals surface area contributed by atoms with E-state index in [2.05, 4.69) is 0 Å². The maximum atomic E-state index is 13.0. The number of fused-ring (bicyclic) bond motifs is 2. The summed E-state index contributed by atoms with van der Waals surface area (Å²) in [4.78, 5) is 41.2. The molecule has 0 saturated carbocycles. The van der Waals surface area contributed by atoms with Crippen molar-refractivity contribution in [3.8, 4) is 11.5 Å². The summed E-state index contributed by atoms with van der Waals surface area (Å²) in [5, 5.41) is 0. The van der Waals surface area contributed by atoms with Crippen LogP contribution in [-0.2, 0) is 4.79 Å². The van der Waals surface area contributed by atoms with Crippen molar-refractivity contribution in [3.05, 3.63) is 59.2 Å². The van der Waals surface area contributed by atoms with Crippen molar-refractivity contribution in [2.24, 2.45) is 0 Å². The third-order valence-electron chi connectivity index (χ3n) is 6.16. The first kappa shape index (κ1) is 19.6. The summed E-state index contributed by atoms with van der Waals surface area (Å²) in [5.41, 5.74) is 1.84. The highest BCUT2D eigenvalue weighted by Crippen LogP contribution is 2.38. The molecule has 7 heteroatoms. The van der Waals surface area contributed by atoms with Gasteiger partial charge in [0.05, 0.1) is 30.4 Å². The Morgan fingerprint density at radius 1 is 0.935 bits per heavy atom. The highest BCUT2D eigenvalue weighted by molar-refractivity contribution is 6.21. The zero-order chi connectivity index (χ0) is 21.4. The van der Waals surface area contributed by atoms with E-state index in [1.165, 1.54) is 4.90 Å². The van der Waals surface area contributed by atoms with Crippen LogP contribution in [0.4, 0.5) is 0 Å². The molecule has 1 atom stereocenters. The van der Waals surface area contributed by atoms with E-state index in [9.17, 15) is 14.4 Å². The predicted octanol–water partition coefficient (Wildman–Crippen LogP) is 3.20. The van der Waals surface area contributed by atoms with E-state index < -0.39 is 0 Å². The number of benzene rings is 2.